The van der Waals surface area contributed by atoms with Crippen LogP contribution in [0.5, 0.6) is 0 Å². The Morgan fingerprint density at radius 3 is 2.95 bits per heavy atom. The highest BCUT2D eigenvalue weighted by molar-refractivity contribution is 14.0. The lowest BCUT2D eigenvalue weighted by Crippen LogP contribution is -2.48. The summed E-state index contributed by atoms with van der Waals surface area (Å²) in [6.07, 6.45) is 3.62. The zero-order valence-electron chi connectivity index (χ0n) is 11.8. The van der Waals surface area contributed by atoms with E-state index in [1.807, 2.05) is 0 Å². The van der Waals surface area contributed by atoms with E-state index in [1.54, 1.807) is 0 Å². The first-order valence-corrected chi connectivity index (χ1v) is 6.68. The Labute approximate surface area is 132 Å². The van der Waals surface area contributed by atoms with Gasteiger partial charge in [0, 0.05) is 26.2 Å². The molecule has 0 spiro atoms. The summed E-state index contributed by atoms with van der Waals surface area (Å²) in [7, 11) is 2.14. The van der Waals surface area contributed by atoms with Crippen LogP contribution in [-0.4, -0.2) is 68.2 Å². The number of nitrogens with two attached hydrogens (primary N) is 1. The molecule has 2 rings (SSSR count). The monoisotopic (exact) mass is 380 g/mol. The number of guanidine groups is 1. The van der Waals surface area contributed by atoms with Crippen LogP contribution >= 0.6 is 24.0 Å². The van der Waals surface area contributed by atoms with E-state index in [0.717, 1.165) is 45.8 Å². The maximum atomic E-state index is 6.04. The molecule has 0 amide bonds. The number of aliphatic imine (C=N–C) groups is 1. The molecule has 5 nitrogen and oxygen atoms in total. The molecule has 0 radical (unpaired) electrons. The average molecular weight is 380 g/mol. The van der Waals surface area contributed by atoms with Crippen LogP contribution in [0, 0.1) is 0 Å². The number of halogens is 1. The minimum atomic E-state index is 0. The predicted octanol–water partition coefficient (Wildman–Crippen LogP) is 0.902. The van der Waals surface area contributed by atoms with Gasteiger partial charge in [0.15, 0.2) is 5.96 Å². The first kappa shape index (κ1) is 16.7. The van der Waals surface area contributed by atoms with E-state index in [9.17, 15) is 0 Å². The second-order valence-corrected chi connectivity index (χ2v) is 5.18. The molecule has 2 heterocycles. The summed E-state index contributed by atoms with van der Waals surface area (Å²) in [6.45, 7) is 7.39. The third kappa shape index (κ3) is 5.27. The lowest BCUT2D eigenvalue weighted by Gasteiger charge is -2.32. The van der Waals surface area contributed by atoms with Crippen molar-refractivity contribution in [2.45, 2.75) is 19.4 Å². The second kappa shape index (κ2) is 8.06. The predicted molar refractivity (Wildman–Crippen MR) is 89.1 cm³/mol. The molecular formula is C13H25IN4O. The summed E-state index contributed by atoms with van der Waals surface area (Å²) >= 11 is 0. The van der Waals surface area contributed by atoms with E-state index >= 15 is 0 Å². The molecule has 1 fully saturated rings. The van der Waals surface area contributed by atoms with Crippen molar-refractivity contribution in [3.8, 4) is 0 Å². The maximum Gasteiger partial charge on any atom is 0.191 e. The van der Waals surface area contributed by atoms with Crippen molar-refractivity contribution in [3.05, 3.63) is 11.6 Å². The van der Waals surface area contributed by atoms with Crippen molar-refractivity contribution >= 4 is 29.9 Å². The lowest BCUT2D eigenvalue weighted by molar-refractivity contribution is 0.00531. The fraction of sp³-hybridized carbons (Fsp3) is 0.769. The Kier molecular flexibility index (Phi) is 7.09. The van der Waals surface area contributed by atoms with Crippen molar-refractivity contribution in [2.75, 3.05) is 46.4 Å². The largest absolute Gasteiger partial charge is 0.375 e. The number of rotatable bonds is 2. The highest BCUT2D eigenvalue weighted by Crippen LogP contribution is 2.10. The van der Waals surface area contributed by atoms with E-state index in [4.69, 9.17) is 10.5 Å². The van der Waals surface area contributed by atoms with Crippen LogP contribution in [0.15, 0.2) is 16.6 Å². The molecule has 0 aromatic carbocycles. The third-order valence-electron chi connectivity index (χ3n) is 3.52. The molecule has 0 aromatic rings. The number of ether oxygens (including phenoxy) is 1. The zero-order valence-corrected chi connectivity index (χ0v) is 14.2. The van der Waals surface area contributed by atoms with Crippen molar-refractivity contribution in [3.63, 3.8) is 0 Å². The molecule has 19 heavy (non-hydrogen) atoms. The molecule has 2 N–H and O–H groups in total. The topological polar surface area (TPSA) is 54.1 Å². The van der Waals surface area contributed by atoms with Gasteiger partial charge in [-0.15, -0.1) is 24.0 Å². The standard InChI is InChI=1S/C13H24N4O.HI/c1-11-10-17(7-8-18-11)13(14)15-9-12-3-5-16(2)6-4-12;/h3,11H,4-10H2,1-2H3,(H2,14,15);1H. The molecule has 0 aliphatic carbocycles. The molecule has 1 unspecified atom stereocenters. The van der Waals surface area contributed by atoms with Crippen molar-refractivity contribution in [2.24, 2.45) is 10.7 Å². The molecule has 1 saturated heterocycles. The van der Waals surface area contributed by atoms with E-state index in [2.05, 4.69) is 34.8 Å². The Balaban J connectivity index is 0.00000180. The molecular weight excluding hydrogens is 355 g/mol. The molecule has 6 heteroatoms. The van der Waals surface area contributed by atoms with E-state index < -0.39 is 0 Å². The van der Waals surface area contributed by atoms with Gasteiger partial charge in [-0.2, -0.15) is 0 Å². The van der Waals surface area contributed by atoms with Gasteiger partial charge in [0.1, 0.15) is 0 Å². The fourth-order valence-electron chi connectivity index (χ4n) is 2.27. The molecule has 0 bridgehead atoms. The number of likely N-dealkylation sites (N-methyl/N-ethyl adjacent to an activating group) is 1. The second-order valence-electron chi connectivity index (χ2n) is 5.18. The summed E-state index contributed by atoms with van der Waals surface area (Å²) in [6, 6.07) is 0. The fourth-order valence-corrected chi connectivity index (χ4v) is 2.27. The molecule has 2 aliphatic rings. The summed E-state index contributed by atoms with van der Waals surface area (Å²) in [4.78, 5) is 8.93. The Morgan fingerprint density at radius 1 is 1.53 bits per heavy atom. The SMILES string of the molecule is CC1CN(C(N)=NCC2=CCN(C)CC2)CCO1.I. The zero-order chi connectivity index (χ0) is 13.0. The Hall–Kier alpha value is -0.340. The molecule has 0 aromatic heterocycles. The van der Waals surface area contributed by atoms with Gasteiger partial charge >= 0.3 is 0 Å². The smallest absolute Gasteiger partial charge is 0.191 e. The van der Waals surface area contributed by atoms with Crippen LogP contribution in [0.3, 0.4) is 0 Å². The van der Waals surface area contributed by atoms with Gasteiger partial charge in [0.2, 0.25) is 0 Å². The van der Waals surface area contributed by atoms with Crippen LogP contribution in [-0.2, 0) is 4.74 Å². The molecule has 2 aliphatic heterocycles. The summed E-state index contributed by atoms with van der Waals surface area (Å²) in [5, 5.41) is 0. The van der Waals surface area contributed by atoms with Crippen LogP contribution in [0.4, 0.5) is 0 Å². The first-order chi connectivity index (χ1) is 8.65. The van der Waals surface area contributed by atoms with Crippen LogP contribution in [0.1, 0.15) is 13.3 Å². The van der Waals surface area contributed by atoms with E-state index in [-0.39, 0.29) is 30.1 Å². The van der Waals surface area contributed by atoms with Crippen molar-refractivity contribution < 1.29 is 4.74 Å². The summed E-state index contributed by atoms with van der Waals surface area (Å²) < 4.78 is 5.50. The maximum absolute atomic E-state index is 6.04. The number of hydrogen-bond donors (Lipinski definition) is 1. The van der Waals surface area contributed by atoms with Crippen molar-refractivity contribution in [1.82, 2.24) is 9.80 Å². The van der Waals surface area contributed by atoms with Crippen molar-refractivity contribution in [1.29, 1.82) is 0 Å². The van der Waals surface area contributed by atoms with Crippen LogP contribution in [0.2, 0.25) is 0 Å². The first-order valence-electron chi connectivity index (χ1n) is 6.68. The number of hydrogen-bond acceptors (Lipinski definition) is 3. The van der Waals surface area contributed by atoms with Crippen LogP contribution < -0.4 is 5.73 Å². The minimum Gasteiger partial charge on any atom is -0.375 e. The summed E-state index contributed by atoms with van der Waals surface area (Å²) in [5.41, 5.74) is 7.44. The Morgan fingerprint density at radius 2 is 2.32 bits per heavy atom. The molecule has 110 valence electrons. The van der Waals surface area contributed by atoms with Gasteiger partial charge in [-0.1, -0.05) is 11.6 Å². The summed E-state index contributed by atoms with van der Waals surface area (Å²) in [5.74, 6) is 0.657. The minimum absolute atomic E-state index is 0. The van der Waals surface area contributed by atoms with Gasteiger partial charge in [0.25, 0.3) is 0 Å². The van der Waals surface area contributed by atoms with Gasteiger partial charge in [-0.05, 0) is 20.4 Å². The normalized spacial score (nSPS) is 25.8. The average Bonchev–Trinajstić information content (AvgIpc) is 2.38. The number of morpholine rings is 1. The van der Waals surface area contributed by atoms with Gasteiger partial charge in [-0.25, -0.2) is 4.99 Å². The number of nitrogens with zero attached hydrogens (tertiary/aromatic N) is 3. The Bertz CT molecular complexity index is 346. The van der Waals surface area contributed by atoms with E-state index in [1.165, 1.54) is 5.57 Å². The highest BCUT2D eigenvalue weighted by Gasteiger charge is 2.18. The highest BCUT2D eigenvalue weighted by atomic mass is 127. The molecule has 0 saturated carbocycles. The van der Waals surface area contributed by atoms with Gasteiger partial charge in [0.05, 0.1) is 19.3 Å². The molecule has 1 atom stereocenters. The quantitative estimate of drug-likeness (QED) is 0.335. The van der Waals surface area contributed by atoms with E-state index in [0.29, 0.717) is 5.96 Å². The van der Waals surface area contributed by atoms with Crippen LogP contribution in [0.25, 0.3) is 0 Å². The van der Waals surface area contributed by atoms with Gasteiger partial charge < -0.3 is 20.3 Å². The van der Waals surface area contributed by atoms with Gasteiger partial charge in [-0.3, -0.25) is 0 Å². The third-order valence-corrected chi connectivity index (χ3v) is 3.52. The lowest BCUT2D eigenvalue weighted by atomic mass is 10.1.